The highest BCUT2D eigenvalue weighted by Gasteiger charge is 2.14. The lowest BCUT2D eigenvalue weighted by Crippen LogP contribution is -2.25. The summed E-state index contributed by atoms with van der Waals surface area (Å²) >= 11 is 0. The van der Waals surface area contributed by atoms with Crippen LogP contribution in [-0.2, 0) is 0 Å². The predicted molar refractivity (Wildman–Crippen MR) is 70.6 cm³/mol. The smallest absolute Gasteiger partial charge is 0.251 e. The van der Waals surface area contributed by atoms with Crippen LogP contribution in [0.15, 0.2) is 23.1 Å². The van der Waals surface area contributed by atoms with E-state index in [1.54, 1.807) is 6.07 Å². The zero-order valence-electron chi connectivity index (χ0n) is 10.6. The van der Waals surface area contributed by atoms with Crippen LogP contribution in [-0.4, -0.2) is 17.4 Å². The molecule has 0 bridgehead atoms. The van der Waals surface area contributed by atoms with E-state index < -0.39 is 0 Å². The van der Waals surface area contributed by atoms with Crippen molar-refractivity contribution in [2.45, 2.75) is 38.5 Å². The van der Waals surface area contributed by atoms with E-state index in [2.05, 4.69) is 10.3 Å². The second kappa shape index (κ2) is 6.38. The fraction of sp³-hybridized carbons (Fsp3) is 0.571. The van der Waals surface area contributed by atoms with Crippen LogP contribution in [0.25, 0.3) is 0 Å². The summed E-state index contributed by atoms with van der Waals surface area (Å²) in [5.41, 5.74) is 0.188. The van der Waals surface area contributed by atoms with Gasteiger partial charge in [0.15, 0.2) is 0 Å². The maximum Gasteiger partial charge on any atom is 0.251 e. The summed E-state index contributed by atoms with van der Waals surface area (Å²) in [6, 6.07) is 2.94. The Labute approximate surface area is 107 Å². The lowest BCUT2D eigenvalue weighted by molar-refractivity contribution is 0.0952. The Balaban J connectivity index is 1.70. The maximum atomic E-state index is 11.7. The van der Waals surface area contributed by atoms with Crippen LogP contribution < -0.4 is 10.9 Å². The number of rotatable bonds is 5. The molecule has 1 aliphatic rings. The standard InChI is InChI=1S/C14H20N2O2/c17-13-10-12(7-9-15-13)14(18)16-8-3-6-11-4-1-2-5-11/h7,9-11H,1-6,8H2,(H,15,17)(H,16,18). The second-order valence-electron chi connectivity index (χ2n) is 4.99. The van der Waals surface area contributed by atoms with Crippen molar-refractivity contribution in [3.63, 3.8) is 0 Å². The maximum absolute atomic E-state index is 11.7. The summed E-state index contributed by atoms with van der Waals surface area (Å²) < 4.78 is 0. The van der Waals surface area contributed by atoms with Crippen molar-refractivity contribution in [1.29, 1.82) is 0 Å². The third-order valence-electron chi connectivity index (χ3n) is 3.59. The number of carbonyl (C=O) groups excluding carboxylic acids is 1. The first-order valence-corrected chi connectivity index (χ1v) is 6.72. The molecule has 18 heavy (non-hydrogen) atoms. The molecule has 0 spiro atoms. The van der Waals surface area contributed by atoms with E-state index in [1.807, 2.05) is 0 Å². The Kier molecular flexibility index (Phi) is 4.56. The summed E-state index contributed by atoms with van der Waals surface area (Å²) in [7, 11) is 0. The van der Waals surface area contributed by atoms with Gasteiger partial charge in [-0.2, -0.15) is 0 Å². The zero-order valence-corrected chi connectivity index (χ0v) is 10.6. The number of carbonyl (C=O) groups is 1. The van der Waals surface area contributed by atoms with E-state index in [0.29, 0.717) is 12.1 Å². The van der Waals surface area contributed by atoms with E-state index in [9.17, 15) is 9.59 Å². The Morgan fingerprint density at radius 1 is 1.39 bits per heavy atom. The van der Waals surface area contributed by atoms with Crippen LogP contribution in [0.2, 0.25) is 0 Å². The predicted octanol–water partition coefficient (Wildman–Crippen LogP) is 2.08. The molecule has 1 amide bonds. The number of aromatic nitrogens is 1. The van der Waals surface area contributed by atoms with Gasteiger partial charge < -0.3 is 10.3 Å². The first-order valence-electron chi connectivity index (χ1n) is 6.72. The summed E-state index contributed by atoms with van der Waals surface area (Å²) in [6.07, 6.45) is 9.16. The molecular formula is C14H20N2O2. The van der Waals surface area contributed by atoms with Crippen molar-refractivity contribution in [2.75, 3.05) is 6.54 Å². The van der Waals surface area contributed by atoms with Crippen LogP contribution in [0.3, 0.4) is 0 Å². The number of amides is 1. The van der Waals surface area contributed by atoms with Gasteiger partial charge in [0.1, 0.15) is 0 Å². The molecule has 4 nitrogen and oxygen atoms in total. The molecule has 0 atom stereocenters. The van der Waals surface area contributed by atoms with Gasteiger partial charge in [0, 0.05) is 24.4 Å². The van der Waals surface area contributed by atoms with Crippen molar-refractivity contribution < 1.29 is 4.79 Å². The third-order valence-corrected chi connectivity index (χ3v) is 3.59. The van der Waals surface area contributed by atoms with Crippen LogP contribution in [0.5, 0.6) is 0 Å². The summed E-state index contributed by atoms with van der Waals surface area (Å²) in [5.74, 6) is 0.703. The summed E-state index contributed by atoms with van der Waals surface area (Å²) in [4.78, 5) is 25.3. The number of pyridine rings is 1. The van der Waals surface area contributed by atoms with Gasteiger partial charge in [-0.15, -0.1) is 0 Å². The molecule has 0 aromatic carbocycles. The molecule has 98 valence electrons. The first-order chi connectivity index (χ1) is 8.75. The first kappa shape index (κ1) is 12.9. The van der Waals surface area contributed by atoms with Crippen molar-refractivity contribution in [1.82, 2.24) is 10.3 Å². The van der Waals surface area contributed by atoms with Gasteiger partial charge in [-0.05, 0) is 24.8 Å². The minimum Gasteiger partial charge on any atom is -0.352 e. The molecule has 0 aliphatic heterocycles. The van der Waals surface area contributed by atoms with Crippen LogP contribution in [0.1, 0.15) is 48.9 Å². The highest BCUT2D eigenvalue weighted by molar-refractivity contribution is 5.93. The molecule has 2 N–H and O–H groups in total. The largest absolute Gasteiger partial charge is 0.352 e. The molecular weight excluding hydrogens is 228 g/mol. The molecule has 1 fully saturated rings. The van der Waals surface area contributed by atoms with Gasteiger partial charge in [0.25, 0.3) is 5.91 Å². The summed E-state index contributed by atoms with van der Waals surface area (Å²) in [6.45, 7) is 0.697. The normalized spacial score (nSPS) is 15.8. The molecule has 1 heterocycles. The molecule has 2 rings (SSSR count). The van der Waals surface area contributed by atoms with Gasteiger partial charge in [-0.1, -0.05) is 25.7 Å². The Hall–Kier alpha value is -1.58. The molecule has 0 saturated heterocycles. The van der Waals surface area contributed by atoms with Gasteiger partial charge in [0.05, 0.1) is 0 Å². The highest BCUT2D eigenvalue weighted by atomic mass is 16.2. The van der Waals surface area contributed by atoms with Gasteiger partial charge in [0.2, 0.25) is 5.56 Å². The van der Waals surface area contributed by atoms with Crippen LogP contribution in [0.4, 0.5) is 0 Å². The quantitative estimate of drug-likeness (QED) is 0.784. The fourth-order valence-corrected chi connectivity index (χ4v) is 2.58. The Morgan fingerprint density at radius 3 is 2.89 bits per heavy atom. The lowest BCUT2D eigenvalue weighted by atomic mass is 10.0. The number of aromatic amines is 1. The average Bonchev–Trinajstić information content (AvgIpc) is 2.87. The fourth-order valence-electron chi connectivity index (χ4n) is 2.58. The van der Waals surface area contributed by atoms with Crippen molar-refractivity contribution in [2.24, 2.45) is 5.92 Å². The van der Waals surface area contributed by atoms with Crippen molar-refractivity contribution in [3.05, 3.63) is 34.2 Å². The van der Waals surface area contributed by atoms with E-state index in [4.69, 9.17) is 0 Å². The molecule has 1 aliphatic carbocycles. The lowest BCUT2D eigenvalue weighted by Gasteiger charge is -2.09. The topological polar surface area (TPSA) is 62.0 Å². The minimum atomic E-state index is -0.242. The number of H-pyrrole nitrogens is 1. The third kappa shape index (κ3) is 3.72. The number of hydrogen-bond acceptors (Lipinski definition) is 2. The number of hydrogen-bond donors (Lipinski definition) is 2. The molecule has 0 unspecified atom stereocenters. The van der Waals surface area contributed by atoms with Crippen LogP contribution in [0, 0.1) is 5.92 Å². The molecule has 1 saturated carbocycles. The Bertz CT molecular complexity index is 447. The molecule has 0 radical (unpaired) electrons. The number of nitrogens with one attached hydrogen (secondary N) is 2. The minimum absolute atomic E-state index is 0.160. The monoisotopic (exact) mass is 248 g/mol. The van der Waals surface area contributed by atoms with Crippen molar-refractivity contribution in [3.8, 4) is 0 Å². The molecule has 1 aromatic rings. The summed E-state index contributed by atoms with van der Waals surface area (Å²) in [5, 5.41) is 2.86. The van der Waals surface area contributed by atoms with E-state index in [0.717, 1.165) is 12.3 Å². The Morgan fingerprint density at radius 2 is 2.17 bits per heavy atom. The average molecular weight is 248 g/mol. The van der Waals surface area contributed by atoms with E-state index in [1.165, 1.54) is 44.4 Å². The van der Waals surface area contributed by atoms with E-state index >= 15 is 0 Å². The second-order valence-corrected chi connectivity index (χ2v) is 4.99. The van der Waals surface area contributed by atoms with Gasteiger partial charge in [-0.25, -0.2) is 0 Å². The van der Waals surface area contributed by atoms with Crippen molar-refractivity contribution >= 4 is 5.91 Å². The SMILES string of the molecule is O=C(NCCCC1CCCC1)c1cc[nH]c(=O)c1. The van der Waals surface area contributed by atoms with E-state index in [-0.39, 0.29) is 11.5 Å². The molecule has 1 aromatic heterocycles. The molecule has 4 heteroatoms. The highest BCUT2D eigenvalue weighted by Crippen LogP contribution is 2.28. The van der Waals surface area contributed by atoms with Crippen LogP contribution >= 0.6 is 0 Å². The van der Waals surface area contributed by atoms with Gasteiger partial charge >= 0.3 is 0 Å². The zero-order chi connectivity index (χ0) is 12.8. The van der Waals surface area contributed by atoms with Gasteiger partial charge in [-0.3, -0.25) is 9.59 Å².